The largest absolute Gasteiger partial charge is 0.314 e. The van der Waals surface area contributed by atoms with E-state index in [0.717, 1.165) is 5.56 Å². The number of amides is 1. The number of hydrogen-bond acceptors (Lipinski definition) is 4. The van der Waals surface area contributed by atoms with Gasteiger partial charge in [0.15, 0.2) is 15.6 Å². The summed E-state index contributed by atoms with van der Waals surface area (Å²) in [7, 11) is -2.14. The van der Waals surface area contributed by atoms with Gasteiger partial charge in [-0.1, -0.05) is 48.0 Å². The highest BCUT2D eigenvalue weighted by Gasteiger charge is 2.48. The summed E-state index contributed by atoms with van der Waals surface area (Å²) in [4.78, 5) is 26.6. The minimum Gasteiger partial charge on any atom is -0.314 e. The van der Waals surface area contributed by atoms with Crippen LogP contribution in [0.5, 0.6) is 0 Å². The van der Waals surface area contributed by atoms with Crippen LogP contribution in [0.15, 0.2) is 48.5 Å². The van der Waals surface area contributed by atoms with Crippen LogP contribution in [0.3, 0.4) is 0 Å². The van der Waals surface area contributed by atoms with Crippen LogP contribution < -0.4 is 4.90 Å². The van der Waals surface area contributed by atoms with Crippen molar-refractivity contribution in [2.45, 2.75) is 19.3 Å². The highest BCUT2D eigenvalue weighted by atomic mass is 32.2. The van der Waals surface area contributed by atoms with Gasteiger partial charge in [0.25, 0.3) is 0 Å². The monoisotopic (exact) mass is 371 g/mol. The molecule has 26 heavy (non-hydrogen) atoms. The van der Waals surface area contributed by atoms with Gasteiger partial charge >= 0.3 is 0 Å². The first-order valence-corrected chi connectivity index (χ1v) is 10.1. The number of ketones is 1. The molecule has 1 aliphatic heterocycles. The number of sulfone groups is 1. The molecule has 0 fully saturated rings. The summed E-state index contributed by atoms with van der Waals surface area (Å²) >= 11 is 0. The van der Waals surface area contributed by atoms with Crippen LogP contribution in [0, 0.1) is 6.92 Å². The van der Waals surface area contributed by atoms with Gasteiger partial charge in [0.05, 0.1) is 11.2 Å². The molecule has 0 bridgehead atoms. The van der Waals surface area contributed by atoms with Gasteiger partial charge in [0.1, 0.15) is 5.75 Å². The molecule has 1 aliphatic rings. The Hall–Kier alpha value is -2.47. The van der Waals surface area contributed by atoms with E-state index in [2.05, 4.69) is 0 Å². The summed E-state index contributed by atoms with van der Waals surface area (Å²) in [5, 5.41) is 0. The normalized spacial score (nSPS) is 19.5. The van der Waals surface area contributed by atoms with Gasteiger partial charge in [-0.05, 0) is 25.5 Å². The third kappa shape index (κ3) is 3.17. The summed E-state index contributed by atoms with van der Waals surface area (Å²) in [6.45, 7) is 3.54. The lowest BCUT2D eigenvalue weighted by molar-refractivity contribution is -0.121. The number of likely N-dealkylation sites (N-methyl/N-ethyl adjacent to an activating group) is 1. The second-order valence-electron chi connectivity index (χ2n) is 7.04. The third-order valence-corrected chi connectivity index (χ3v) is 6.56. The Morgan fingerprint density at radius 3 is 2.42 bits per heavy atom. The van der Waals surface area contributed by atoms with Crippen LogP contribution >= 0.6 is 0 Å². The van der Waals surface area contributed by atoms with Gasteiger partial charge in [-0.3, -0.25) is 9.59 Å². The van der Waals surface area contributed by atoms with E-state index in [0.29, 0.717) is 16.8 Å². The molecule has 0 spiro atoms. The maximum atomic E-state index is 12.8. The van der Waals surface area contributed by atoms with Crippen molar-refractivity contribution in [3.63, 3.8) is 0 Å². The maximum absolute atomic E-state index is 12.8. The van der Waals surface area contributed by atoms with E-state index in [1.54, 1.807) is 44.3 Å². The summed E-state index contributed by atoms with van der Waals surface area (Å²) < 4.78 is 25.5. The predicted octanol–water partition coefficient (Wildman–Crippen LogP) is 2.53. The zero-order valence-electron chi connectivity index (χ0n) is 15.0. The second-order valence-corrected chi connectivity index (χ2v) is 9.10. The van der Waals surface area contributed by atoms with Crippen LogP contribution in [-0.4, -0.2) is 38.7 Å². The number of aryl methyl sites for hydroxylation is 1. The number of hydrogen-bond donors (Lipinski definition) is 0. The molecule has 2 aromatic rings. The van der Waals surface area contributed by atoms with E-state index in [-0.39, 0.29) is 5.91 Å². The summed E-state index contributed by atoms with van der Waals surface area (Å²) in [6, 6.07) is 13.9. The van der Waals surface area contributed by atoms with Crippen molar-refractivity contribution < 1.29 is 18.0 Å². The van der Waals surface area contributed by atoms with Crippen molar-refractivity contribution >= 4 is 27.2 Å². The molecule has 1 unspecified atom stereocenters. The van der Waals surface area contributed by atoms with Gasteiger partial charge in [-0.15, -0.1) is 0 Å². The number of nitrogens with zero attached hydrogens (tertiary/aromatic N) is 1. The maximum Gasteiger partial charge on any atom is 0.238 e. The number of carbonyl (C=O) groups excluding carboxylic acids is 2. The third-order valence-electron chi connectivity index (χ3n) is 4.84. The Kier molecular flexibility index (Phi) is 4.48. The minimum atomic E-state index is -3.78. The van der Waals surface area contributed by atoms with E-state index in [9.17, 15) is 18.0 Å². The molecular weight excluding hydrogens is 350 g/mol. The minimum absolute atomic E-state index is 0.270. The number of benzene rings is 2. The standard InChI is InChI=1S/C20H21NO4S/c1-14-9-10-17-16(11-14)20(2,19(23)21(17)3)13-26(24,25)12-18(22)15-7-5-4-6-8-15/h4-11H,12-13H2,1-3H3. The SMILES string of the molecule is Cc1ccc2c(c1)C(C)(CS(=O)(=O)CC(=O)c1ccccc1)C(=O)N2C. The first kappa shape index (κ1) is 18.3. The molecule has 0 aromatic heterocycles. The Morgan fingerprint density at radius 1 is 1.12 bits per heavy atom. The number of fused-ring (bicyclic) bond motifs is 1. The molecule has 2 aromatic carbocycles. The number of anilines is 1. The highest BCUT2D eigenvalue weighted by Crippen LogP contribution is 2.42. The number of rotatable bonds is 5. The lowest BCUT2D eigenvalue weighted by Gasteiger charge is -2.23. The first-order valence-electron chi connectivity index (χ1n) is 8.32. The zero-order chi connectivity index (χ0) is 19.1. The summed E-state index contributed by atoms with van der Waals surface area (Å²) in [5.74, 6) is -1.73. The molecule has 1 amide bonds. The molecule has 5 nitrogen and oxygen atoms in total. The van der Waals surface area contributed by atoms with Crippen molar-refractivity contribution in [2.24, 2.45) is 0 Å². The first-order chi connectivity index (χ1) is 12.1. The molecule has 0 radical (unpaired) electrons. The number of Topliss-reactive ketones (excluding diaryl/α,β-unsaturated/α-hetero) is 1. The van der Waals surface area contributed by atoms with Crippen LogP contribution in [0.1, 0.15) is 28.4 Å². The van der Waals surface area contributed by atoms with Crippen molar-refractivity contribution in [1.29, 1.82) is 0 Å². The number of carbonyl (C=O) groups is 2. The average Bonchev–Trinajstić information content (AvgIpc) is 2.76. The van der Waals surface area contributed by atoms with Gasteiger partial charge < -0.3 is 4.90 Å². The molecule has 0 saturated carbocycles. The van der Waals surface area contributed by atoms with E-state index in [4.69, 9.17) is 0 Å². The van der Waals surface area contributed by atoms with Crippen LogP contribution in [-0.2, 0) is 20.0 Å². The fourth-order valence-corrected chi connectivity index (χ4v) is 5.34. The van der Waals surface area contributed by atoms with E-state index in [1.165, 1.54) is 4.90 Å². The highest BCUT2D eigenvalue weighted by molar-refractivity contribution is 7.92. The second kappa shape index (κ2) is 6.36. The molecule has 0 saturated heterocycles. The molecule has 136 valence electrons. The fraction of sp³-hybridized carbons (Fsp3) is 0.300. The average molecular weight is 371 g/mol. The van der Waals surface area contributed by atoms with Crippen LogP contribution in [0.2, 0.25) is 0 Å². The molecule has 6 heteroatoms. The lowest BCUT2D eigenvalue weighted by Crippen LogP contribution is -2.42. The smallest absolute Gasteiger partial charge is 0.238 e. The molecule has 3 rings (SSSR count). The van der Waals surface area contributed by atoms with Crippen molar-refractivity contribution in [1.82, 2.24) is 0 Å². The summed E-state index contributed by atoms with van der Waals surface area (Å²) in [5.41, 5.74) is 1.53. The predicted molar refractivity (Wildman–Crippen MR) is 101 cm³/mol. The Bertz CT molecular complexity index is 982. The van der Waals surface area contributed by atoms with E-state index < -0.39 is 32.5 Å². The molecule has 1 heterocycles. The van der Waals surface area contributed by atoms with Crippen molar-refractivity contribution in [2.75, 3.05) is 23.5 Å². The quantitative estimate of drug-likeness (QED) is 0.757. The van der Waals surface area contributed by atoms with Crippen molar-refractivity contribution in [3.8, 4) is 0 Å². The van der Waals surface area contributed by atoms with Gasteiger partial charge in [-0.25, -0.2) is 8.42 Å². The van der Waals surface area contributed by atoms with E-state index >= 15 is 0 Å². The zero-order valence-corrected chi connectivity index (χ0v) is 15.8. The van der Waals surface area contributed by atoms with E-state index in [1.807, 2.05) is 25.1 Å². The fourth-order valence-electron chi connectivity index (χ4n) is 3.52. The van der Waals surface area contributed by atoms with Gasteiger partial charge in [0.2, 0.25) is 5.91 Å². The Labute approximate surface area is 153 Å². The Morgan fingerprint density at radius 2 is 1.77 bits per heavy atom. The topological polar surface area (TPSA) is 71.5 Å². The molecule has 0 N–H and O–H groups in total. The van der Waals surface area contributed by atoms with Gasteiger partial charge in [-0.2, -0.15) is 0 Å². The Balaban J connectivity index is 1.91. The molecule has 0 aliphatic carbocycles. The molecular formula is C20H21NO4S. The lowest BCUT2D eigenvalue weighted by atomic mass is 9.85. The van der Waals surface area contributed by atoms with Crippen molar-refractivity contribution in [3.05, 3.63) is 65.2 Å². The summed E-state index contributed by atoms with van der Waals surface area (Å²) in [6.07, 6.45) is 0. The van der Waals surface area contributed by atoms with Gasteiger partial charge in [0, 0.05) is 18.3 Å². The van der Waals surface area contributed by atoms with Crippen LogP contribution in [0.4, 0.5) is 5.69 Å². The van der Waals surface area contributed by atoms with Crippen LogP contribution in [0.25, 0.3) is 0 Å². The molecule has 1 atom stereocenters.